The lowest BCUT2D eigenvalue weighted by atomic mass is 9.78. The molecule has 0 spiro atoms. The number of carboxylic acids is 1. The lowest BCUT2D eigenvalue weighted by Gasteiger charge is -2.31. The van der Waals surface area contributed by atoms with E-state index in [2.05, 4.69) is 5.32 Å². The molecule has 0 saturated carbocycles. The molecule has 2 heterocycles. The average Bonchev–Trinajstić information content (AvgIpc) is 3.48. The van der Waals surface area contributed by atoms with Crippen molar-refractivity contribution >= 4 is 41.1 Å². The van der Waals surface area contributed by atoms with Crippen LogP contribution in [0, 0.1) is 11.8 Å². The largest absolute Gasteiger partial charge is 0.496 e. The van der Waals surface area contributed by atoms with E-state index >= 15 is 0 Å². The van der Waals surface area contributed by atoms with Crippen molar-refractivity contribution in [1.29, 1.82) is 0 Å². The van der Waals surface area contributed by atoms with Crippen molar-refractivity contribution in [3.63, 3.8) is 0 Å². The zero-order valence-electron chi connectivity index (χ0n) is 23.0. The van der Waals surface area contributed by atoms with Gasteiger partial charge in [0.1, 0.15) is 11.3 Å². The molecule has 0 aromatic heterocycles. The molecular formula is C32H28N2O7S. The van der Waals surface area contributed by atoms with E-state index in [0.29, 0.717) is 33.8 Å². The quantitative estimate of drug-likeness (QED) is 0.299. The Kier molecular flexibility index (Phi) is 6.98. The Balaban J connectivity index is 1.39. The Labute approximate surface area is 246 Å². The third-order valence-corrected chi connectivity index (χ3v) is 9.24. The minimum atomic E-state index is -1.66. The Morgan fingerprint density at radius 1 is 0.929 bits per heavy atom. The van der Waals surface area contributed by atoms with Crippen LogP contribution in [0.2, 0.25) is 0 Å². The summed E-state index contributed by atoms with van der Waals surface area (Å²) in [6, 6.07) is 17.6. The number of carbonyl (C=O) groups excluding carboxylic acids is 4. The van der Waals surface area contributed by atoms with Gasteiger partial charge in [-0.3, -0.25) is 34.2 Å². The van der Waals surface area contributed by atoms with Crippen LogP contribution >= 0.6 is 11.8 Å². The molecule has 2 N–H and O–H groups in total. The van der Waals surface area contributed by atoms with Gasteiger partial charge in [-0.2, -0.15) is 11.8 Å². The van der Waals surface area contributed by atoms with Crippen LogP contribution in [0.5, 0.6) is 5.75 Å². The van der Waals surface area contributed by atoms with Crippen LogP contribution in [0.3, 0.4) is 0 Å². The Bertz CT molecular complexity index is 1670. The zero-order valence-corrected chi connectivity index (χ0v) is 23.8. The summed E-state index contributed by atoms with van der Waals surface area (Å²) in [5, 5.41) is 13.7. The maximum atomic E-state index is 14.0. The van der Waals surface area contributed by atoms with Crippen molar-refractivity contribution in [1.82, 2.24) is 10.2 Å². The lowest BCUT2D eigenvalue weighted by molar-refractivity contribution is -0.151. The van der Waals surface area contributed by atoms with Crippen LogP contribution in [-0.4, -0.2) is 64.0 Å². The second-order valence-corrected chi connectivity index (χ2v) is 11.7. The maximum absolute atomic E-state index is 14.0. The molecule has 2 fully saturated rings. The van der Waals surface area contributed by atoms with E-state index in [1.54, 1.807) is 66.7 Å². The molecule has 2 aliphatic heterocycles. The van der Waals surface area contributed by atoms with Gasteiger partial charge in [0.25, 0.3) is 0 Å². The zero-order chi connectivity index (χ0) is 29.8. The molecule has 214 valence electrons. The Hall–Kier alpha value is -4.28. The first kappa shape index (κ1) is 27.9. The summed E-state index contributed by atoms with van der Waals surface area (Å²) in [6.45, 7) is -0.155. The number of thioether (sulfide) groups is 1. The number of imide groups is 1. The highest BCUT2D eigenvalue weighted by Crippen LogP contribution is 2.52. The number of aliphatic carboxylic acids is 1. The molecule has 0 bridgehead atoms. The molecule has 3 aromatic carbocycles. The molecule has 42 heavy (non-hydrogen) atoms. The van der Waals surface area contributed by atoms with Crippen molar-refractivity contribution in [2.24, 2.45) is 11.8 Å². The van der Waals surface area contributed by atoms with Crippen LogP contribution in [0.15, 0.2) is 66.7 Å². The van der Waals surface area contributed by atoms with Gasteiger partial charge in [0, 0.05) is 33.9 Å². The molecule has 4 atom stereocenters. The monoisotopic (exact) mass is 584 g/mol. The predicted molar refractivity (Wildman–Crippen MR) is 155 cm³/mol. The minimum Gasteiger partial charge on any atom is -0.496 e. The Morgan fingerprint density at radius 2 is 1.57 bits per heavy atom. The van der Waals surface area contributed by atoms with E-state index < -0.39 is 41.2 Å². The van der Waals surface area contributed by atoms with Gasteiger partial charge in [-0.1, -0.05) is 48.5 Å². The number of nitrogens with zero attached hydrogens (tertiary/aromatic N) is 1. The van der Waals surface area contributed by atoms with Crippen LogP contribution in [-0.2, 0) is 20.9 Å². The van der Waals surface area contributed by atoms with Gasteiger partial charge >= 0.3 is 5.97 Å². The topological polar surface area (TPSA) is 130 Å². The van der Waals surface area contributed by atoms with Gasteiger partial charge < -0.3 is 9.84 Å². The first-order valence-electron chi connectivity index (χ1n) is 13.5. The van der Waals surface area contributed by atoms with Crippen molar-refractivity contribution in [3.8, 4) is 5.75 Å². The first-order valence-corrected chi connectivity index (χ1v) is 14.9. The third kappa shape index (κ3) is 4.08. The van der Waals surface area contributed by atoms with Gasteiger partial charge in [0.05, 0.1) is 25.5 Å². The van der Waals surface area contributed by atoms with E-state index in [1.807, 2.05) is 6.26 Å². The molecule has 2 amide bonds. The molecule has 3 aromatic rings. The molecular weight excluding hydrogens is 556 g/mol. The lowest BCUT2D eigenvalue weighted by Crippen LogP contribution is -2.56. The van der Waals surface area contributed by atoms with E-state index in [1.165, 1.54) is 18.9 Å². The molecule has 10 heteroatoms. The maximum Gasteiger partial charge on any atom is 0.324 e. The van der Waals surface area contributed by atoms with Gasteiger partial charge in [0.15, 0.2) is 11.6 Å². The van der Waals surface area contributed by atoms with Crippen LogP contribution in [0.4, 0.5) is 0 Å². The first-order chi connectivity index (χ1) is 20.2. The number of likely N-dealkylation sites (tertiary alicyclic amines) is 1. The normalized spacial score (nSPS) is 24.4. The summed E-state index contributed by atoms with van der Waals surface area (Å²) >= 11 is 1.46. The van der Waals surface area contributed by atoms with Gasteiger partial charge in [-0.25, -0.2) is 0 Å². The van der Waals surface area contributed by atoms with Gasteiger partial charge in [0.2, 0.25) is 11.8 Å². The highest BCUT2D eigenvalue weighted by molar-refractivity contribution is 7.98. The fourth-order valence-corrected chi connectivity index (χ4v) is 7.16. The molecule has 4 unspecified atom stereocenters. The summed E-state index contributed by atoms with van der Waals surface area (Å²) in [5.41, 5.74) is 0.545. The molecule has 0 radical (unpaired) electrons. The number of nitrogens with one attached hydrogen (secondary N) is 1. The number of ketones is 2. The minimum absolute atomic E-state index is 0.137. The number of ether oxygens (including phenoxy) is 1. The fourth-order valence-electron chi connectivity index (χ4n) is 6.63. The third-order valence-electron chi connectivity index (χ3n) is 8.63. The van der Waals surface area contributed by atoms with Gasteiger partial charge in [-0.05, 0) is 42.2 Å². The smallest absolute Gasteiger partial charge is 0.324 e. The van der Waals surface area contributed by atoms with Crippen molar-refractivity contribution in [3.05, 3.63) is 100 Å². The van der Waals surface area contributed by atoms with E-state index in [0.717, 1.165) is 4.90 Å². The second-order valence-electron chi connectivity index (χ2n) is 10.7. The van der Waals surface area contributed by atoms with Crippen LogP contribution in [0.1, 0.15) is 55.4 Å². The molecule has 1 aliphatic carbocycles. The molecule has 9 nitrogen and oxygen atoms in total. The number of hydrogen-bond acceptors (Lipinski definition) is 8. The van der Waals surface area contributed by atoms with Crippen LogP contribution in [0.25, 0.3) is 0 Å². The molecule has 2 saturated heterocycles. The summed E-state index contributed by atoms with van der Waals surface area (Å²) in [4.78, 5) is 68.4. The second kappa shape index (κ2) is 10.5. The summed E-state index contributed by atoms with van der Waals surface area (Å²) in [6.07, 6.45) is 1.99. The number of benzene rings is 3. The summed E-state index contributed by atoms with van der Waals surface area (Å²) < 4.78 is 5.54. The van der Waals surface area contributed by atoms with E-state index in [9.17, 15) is 29.1 Å². The van der Waals surface area contributed by atoms with Gasteiger partial charge in [-0.15, -0.1) is 0 Å². The van der Waals surface area contributed by atoms with Crippen molar-refractivity contribution in [2.45, 2.75) is 24.5 Å². The highest BCUT2D eigenvalue weighted by atomic mass is 32.2. The standard InChI is InChI=1S/C32H28N2O7S/c1-41-23-10-6-5-9-21(23)26-24-25(32(33-26,31(39)40)13-14-42-2)30(38)34(29(24)37)16-17-11-12-20-22(15-17)28(36)19-8-4-3-7-18(19)27(20)35/h3-12,15,24-26,33H,13-14,16H2,1-2H3,(H,39,40). The number of para-hydroxylation sites is 1. The van der Waals surface area contributed by atoms with Crippen LogP contribution < -0.4 is 10.1 Å². The average molecular weight is 585 g/mol. The number of carboxylic acid groups (broad SMARTS) is 1. The number of amides is 2. The number of methoxy groups -OCH3 is 1. The SMILES string of the molecule is COc1ccccc1C1NC(CCSC)(C(=O)O)C2C(=O)N(Cc3ccc4c(c3)C(=O)c3ccccc3C4=O)C(=O)C12. The van der Waals surface area contributed by atoms with E-state index in [4.69, 9.17) is 4.74 Å². The van der Waals surface area contributed by atoms with Crippen molar-refractivity contribution < 1.29 is 33.8 Å². The molecule has 3 aliphatic rings. The highest BCUT2D eigenvalue weighted by Gasteiger charge is 2.68. The summed E-state index contributed by atoms with van der Waals surface area (Å²) in [5.74, 6) is -4.00. The fraction of sp³-hybridized carbons (Fsp3) is 0.281. The number of hydrogen-bond donors (Lipinski definition) is 2. The Morgan fingerprint density at radius 3 is 2.24 bits per heavy atom. The van der Waals surface area contributed by atoms with E-state index in [-0.39, 0.29) is 35.7 Å². The number of carbonyl (C=O) groups is 5. The number of rotatable bonds is 8. The van der Waals surface area contributed by atoms with Crippen molar-refractivity contribution in [2.75, 3.05) is 19.1 Å². The molecule has 6 rings (SSSR count). The number of fused-ring (bicyclic) bond motifs is 3. The summed E-state index contributed by atoms with van der Waals surface area (Å²) in [7, 11) is 1.50. The predicted octanol–water partition coefficient (Wildman–Crippen LogP) is 3.49.